The van der Waals surface area contributed by atoms with Crippen molar-refractivity contribution in [3.8, 4) is 0 Å². The Kier molecular flexibility index (Phi) is 4.84. The Morgan fingerprint density at radius 3 is 2.65 bits per heavy atom. The Morgan fingerprint density at radius 2 is 2.00 bits per heavy atom. The third kappa shape index (κ3) is 3.70. The molecule has 0 aromatic heterocycles. The van der Waals surface area contributed by atoms with Gasteiger partial charge < -0.3 is 10.2 Å². The second-order valence-corrected chi connectivity index (χ2v) is 5.71. The summed E-state index contributed by atoms with van der Waals surface area (Å²) in [6.45, 7) is 6.74. The molecule has 1 amide bonds. The van der Waals surface area contributed by atoms with Gasteiger partial charge in [0.15, 0.2) is 0 Å². The molecule has 1 heterocycles. The van der Waals surface area contributed by atoms with E-state index < -0.39 is 0 Å². The van der Waals surface area contributed by atoms with Crippen LogP contribution in [0.5, 0.6) is 0 Å². The molecule has 1 saturated heterocycles. The Hall–Kier alpha value is -0.570. The fourth-order valence-electron chi connectivity index (χ4n) is 3.19. The minimum Gasteiger partial charge on any atom is -0.356 e. The third-order valence-electron chi connectivity index (χ3n) is 4.35. The molecule has 1 aliphatic heterocycles. The number of nitrogens with zero attached hydrogens (tertiary/aromatic N) is 1. The summed E-state index contributed by atoms with van der Waals surface area (Å²) in [5.74, 6) is 1.19. The second-order valence-electron chi connectivity index (χ2n) is 5.71. The van der Waals surface area contributed by atoms with E-state index in [1.165, 1.54) is 38.8 Å². The summed E-state index contributed by atoms with van der Waals surface area (Å²) in [4.78, 5) is 14.4. The first kappa shape index (κ1) is 12.9. The molecule has 0 aromatic carbocycles. The van der Waals surface area contributed by atoms with Crippen LogP contribution in [-0.4, -0.2) is 37.0 Å². The van der Waals surface area contributed by atoms with Crippen molar-refractivity contribution in [1.82, 2.24) is 10.2 Å². The van der Waals surface area contributed by atoms with Crippen molar-refractivity contribution in [1.29, 1.82) is 0 Å². The molecule has 17 heavy (non-hydrogen) atoms. The largest absolute Gasteiger partial charge is 0.356 e. The van der Waals surface area contributed by atoms with Gasteiger partial charge in [0.05, 0.1) is 0 Å². The minimum absolute atomic E-state index is 0.293. The van der Waals surface area contributed by atoms with Gasteiger partial charge in [0.1, 0.15) is 0 Å². The van der Waals surface area contributed by atoms with Gasteiger partial charge in [-0.15, -0.1) is 0 Å². The van der Waals surface area contributed by atoms with E-state index in [1.807, 2.05) is 0 Å². The molecule has 2 fully saturated rings. The average Bonchev–Trinajstić information content (AvgIpc) is 2.95. The number of nitrogens with one attached hydrogen (secondary N) is 1. The van der Waals surface area contributed by atoms with Crippen LogP contribution in [0.15, 0.2) is 0 Å². The van der Waals surface area contributed by atoms with Crippen molar-refractivity contribution >= 4 is 5.91 Å². The van der Waals surface area contributed by atoms with E-state index in [0.29, 0.717) is 17.7 Å². The van der Waals surface area contributed by atoms with Crippen LogP contribution in [0.2, 0.25) is 0 Å². The molecule has 1 aliphatic carbocycles. The lowest BCUT2D eigenvalue weighted by molar-refractivity contribution is -0.125. The van der Waals surface area contributed by atoms with E-state index in [2.05, 4.69) is 17.1 Å². The molecule has 2 aliphatic rings. The van der Waals surface area contributed by atoms with Crippen molar-refractivity contribution in [2.45, 2.75) is 45.4 Å². The van der Waals surface area contributed by atoms with Crippen molar-refractivity contribution < 1.29 is 4.79 Å². The van der Waals surface area contributed by atoms with E-state index in [-0.39, 0.29) is 0 Å². The van der Waals surface area contributed by atoms with Crippen LogP contribution < -0.4 is 5.32 Å². The average molecular weight is 238 g/mol. The molecule has 0 aromatic rings. The van der Waals surface area contributed by atoms with Crippen LogP contribution in [0, 0.1) is 11.8 Å². The summed E-state index contributed by atoms with van der Waals surface area (Å²) >= 11 is 0. The van der Waals surface area contributed by atoms with E-state index in [1.54, 1.807) is 0 Å². The molecule has 1 N–H and O–H groups in total. The normalized spacial score (nSPS) is 29.7. The van der Waals surface area contributed by atoms with E-state index in [9.17, 15) is 4.79 Å². The lowest BCUT2D eigenvalue weighted by Crippen LogP contribution is -2.34. The predicted octanol–water partition coefficient (Wildman–Crippen LogP) is 2.02. The van der Waals surface area contributed by atoms with Crippen molar-refractivity contribution in [3.63, 3.8) is 0 Å². The van der Waals surface area contributed by atoms with Crippen LogP contribution >= 0.6 is 0 Å². The Morgan fingerprint density at radius 1 is 1.24 bits per heavy atom. The zero-order valence-corrected chi connectivity index (χ0v) is 11.1. The molecular formula is C14H26N2O. The Labute approximate surface area is 105 Å². The molecule has 0 spiro atoms. The number of hydrogen-bond donors (Lipinski definition) is 1. The number of amides is 1. The van der Waals surface area contributed by atoms with Crippen molar-refractivity contribution in [2.75, 3.05) is 26.2 Å². The second kappa shape index (κ2) is 6.39. The van der Waals surface area contributed by atoms with Gasteiger partial charge in [-0.2, -0.15) is 0 Å². The summed E-state index contributed by atoms with van der Waals surface area (Å²) in [7, 11) is 0. The summed E-state index contributed by atoms with van der Waals surface area (Å²) in [6, 6.07) is 0. The van der Waals surface area contributed by atoms with Gasteiger partial charge >= 0.3 is 0 Å². The smallest absolute Gasteiger partial charge is 0.223 e. The van der Waals surface area contributed by atoms with E-state index in [0.717, 1.165) is 25.9 Å². The van der Waals surface area contributed by atoms with Gasteiger partial charge in [0, 0.05) is 12.5 Å². The van der Waals surface area contributed by atoms with Gasteiger partial charge in [-0.1, -0.05) is 13.3 Å². The lowest BCUT2D eigenvalue weighted by atomic mass is 9.97. The molecule has 1 unspecified atom stereocenters. The first-order valence-electron chi connectivity index (χ1n) is 7.27. The zero-order valence-electron chi connectivity index (χ0n) is 11.1. The van der Waals surface area contributed by atoms with Crippen LogP contribution in [0.25, 0.3) is 0 Å². The molecular weight excluding hydrogens is 212 g/mol. The molecule has 0 bridgehead atoms. The lowest BCUT2D eigenvalue weighted by Gasteiger charge is -2.17. The highest BCUT2D eigenvalue weighted by Crippen LogP contribution is 2.31. The molecule has 1 saturated carbocycles. The molecule has 2 atom stereocenters. The quantitative estimate of drug-likeness (QED) is 0.743. The SMILES string of the molecule is CC1CCC[C@@H]1C(=O)NCCCN1CCCC1. The van der Waals surface area contributed by atoms with Crippen LogP contribution in [0.3, 0.4) is 0 Å². The first-order valence-corrected chi connectivity index (χ1v) is 7.27. The maximum atomic E-state index is 11.9. The van der Waals surface area contributed by atoms with Crippen LogP contribution in [-0.2, 0) is 4.79 Å². The maximum absolute atomic E-state index is 11.9. The highest BCUT2D eigenvalue weighted by molar-refractivity contribution is 5.79. The van der Waals surface area contributed by atoms with Gasteiger partial charge in [0.2, 0.25) is 5.91 Å². The standard InChI is InChI=1S/C14H26N2O/c1-12-6-4-7-13(12)14(17)15-8-5-11-16-9-2-3-10-16/h12-13H,2-11H2,1H3,(H,15,17)/t12?,13-/m0/s1. The Balaban J connectivity index is 1.56. The van der Waals surface area contributed by atoms with Gasteiger partial charge in [-0.05, 0) is 57.7 Å². The summed E-state index contributed by atoms with van der Waals surface area (Å²) in [6.07, 6.45) is 7.36. The number of hydrogen-bond acceptors (Lipinski definition) is 2. The van der Waals surface area contributed by atoms with E-state index >= 15 is 0 Å². The molecule has 3 heteroatoms. The van der Waals surface area contributed by atoms with Gasteiger partial charge in [-0.25, -0.2) is 0 Å². The van der Waals surface area contributed by atoms with Crippen LogP contribution in [0.1, 0.15) is 45.4 Å². The monoisotopic (exact) mass is 238 g/mol. The fourth-order valence-corrected chi connectivity index (χ4v) is 3.19. The molecule has 98 valence electrons. The third-order valence-corrected chi connectivity index (χ3v) is 4.35. The molecule has 3 nitrogen and oxygen atoms in total. The van der Waals surface area contributed by atoms with E-state index in [4.69, 9.17) is 0 Å². The summed E-state index contributed by atoms with van der Waals surface area (Å²) < 4.78 is 0. The minimum atomic E-state index is 0.293. The summed E-state index contributed by atoms with van der Waals surface area (Å²) in [5, 5.41) is 3.11. The van der Waals surface area contributed by atoms with Crippen LogP contribution in [0.4, 0.5) is 0 Å². The summed E-state index contributed by atoms with van der Waals surface area (Å²) in [5.41, 5.74) is 0. The van der Waals surface area contributed by atoms with Gasteiger partial charge in [-0.3, -0.25) is 4.79 Å². The number of rotatable bonds is 5. The van der Waals surface area contributed by atoms with Crippen molar-refractivity contribution in [2.24, 2.45) is 11.8 Å². The predicted molar refractivity (Wildman–Crippen MR) is 69.8 cm³/mol. The molecule has 2 rings (SSSR count). The maximum Gasteiger partial charge on any atom is 0.223 e. The Bertz CT molecular complexity index is 249. The molecule has 0 radical (unpaired) electrons. The first-order chi connectivity index (χ1) is 8.27. The van der Waals surface area contributed by atoms with Gasteiger partial charge in [0.25, 0.3) is 0 Å². The number of carbonyl (C=O) groups excluding carboxylic acids is 1. The highest BCUT2D eigenvalue weighted by atomic mass is 16.1. The fraction of sp³-hybridized carbons (Fsp3) is 0.929. The topological polar surface area (TPSA) is 32.3 Å². The van der Waals surface area contributed by atoms with Crippen molar-refractivity contribution in [3.05, 3.63) is 0 Å². The number of carbonyl (C=O) groups is 1. The zero-order chi connectivity index (χ0) is 12.1. The highest BCUT2D eigenvalue weighted by Gasteiger charge is 2.29. The number of likely N-dealkylation sites (tertiary alicyclic amines) is 1.